The summed E-state index contributed by atoms with van der Waals surface area (Å²) < 4.78 is 0. The fourth-order valence-electron chi connectivity index (χ4n) is 7.82. The number of primary amides is 1. The zero-order valence-corrected chi connectivity index (χ0v) is 42.5. The number of hydrogen-bond donors (Lipinski definition) is 15. The molecule has 1 saturated heterocycles. The minimum absolute atomic E-state index is 0.00879. The van der Waals surface area contributed by atoms with Gasteiger partial charge in [0.25, 0.3) is 0 Å². The van der Waals surface area contributed by atoms with Crippen LogP contribution in [-0.4, -0.2) is 164 Å². The van der Waals surface area contributed by atoms with Gasteiger partial charge in [-0.2, -0.15) is 12.6 Å². The minimum Gasteiger partial charge on any atom is -0.508 e. The Bertz CT molecular complexity index is 2270. The van der Waals surface area contributed by atoms with Crippen LogP contribution >= 0.6 is 12.6 Å². The summed E-state index contributed by atoms with van der Waals surface area (Å²) in [5.41, 5.74) is 18.1. The van der Waals surface area contributed by atoms with Gasteiger partial charge in [-0.1, -0.05) is 44.5 Å². The summed E-state index contributed by atoms with van der Waals surface area (Å²) in [4.78, 5) is 134. The van der Waals surface area contributed by atoms with Crippen molar-refractivity contribution >= 4 is 71.8 Å². The number of nitrogens with two attached hydrogens (primary N) is 3. The monoisotopic (exact) mass is 1060 g/mol. The van der Waals surface area contributed by atoms with Gasteiger partial charge >= 0.3 is 5.97 Å². The summed E-state index contributed by atoms with van der Waals surface area (Å²) in [5.74, 6) is -9.93. The van der Waals surface area contributed by atoms with Crippen LogP contribution < -0.4 is 54.4 Å². The number of aliphatic hydroxyl groups excluding tert-OH is 1. The van der Waals surface area contributed by atoms with Crippen molar-refractivity contribution in [2.24, 2.45) is 23.1 Å². The third-order valence-electron chi connectivity index (χ3n) is 11.9. The number of carbonyl (C=O) groups is 10. The standard InChI is InChI=1S/C48H71N11O14S/c1-25(2)19-35(48(72)73)56-43(67)33(21-28-11-15-30(62)16-12-28)54-44(68)36(23-60)57-40(64)26(3)52-45(69)37(24-74)58-46(70)38-8-6-18-59(38)47(71)34(22-39(51)63)55-42(66)32(20-27-9-13-29(61)14-10-27)53-41(65)31(50)7-4-5-17-49/h9-16,25-26,31-38,60-62,74H,4-8,17-24,49-50H2,1-3H3,(H2,51,63)(H,52,69)(H,53,65)(H,54,68)(H,55,66)(H,56,67)(H,57,64)(H,58,70)(H,72,73)/t26-,31-,32-,33-,34-,35-,36-,37-,38-/m0/s1. The molecule has 0 unspecified atom stereocenters. The number of unbranched alkanes of at least 4 members (excludes halogenated alkanes) is 1. The molecule has 408 valence electrons. The average molecular weight is 1060 g/mol. The van der Waals surface area contributed by atoms with E-state index in [0.29, 0.717) is 36.9 Å². The highest BCUT2D eigenvalue weighted by Crippen LogP contribution is 2.21. The average Bonchev–Trinajstić information content (AvgIpc) is 3.85. The van der Waals surface area contributed by atoms with E-state index in [1.807, 2.05) is 0 Å². The lowest BCUT2D eigenvalue weighted by atomic mass is 10.0. The summed E-state index contributed by atoms with van der Waals surface area (Å²) in [6.07, 6.45) is 0.868. The van der Waals surface area contributed by atoms with E-state index in [0.717, 1.165) is 4.90 Å². The van der Waals surface area contributed by atoms with Crippen LogP contribution in [0.3, 0.4) is 0 Å². The molecular formula is C48H71N11O14S. The molecule has 2 aromatic rings. The Morgan fingerprint density at radius 1 is 0.662 bits per heavy atom. The van der Waals surface area contributed by atoms with E-state index < -0.39 is 127 Å². The van der Waals surface area contributed by atoms with Crippen molar-refractivity contribution in [3.05, 3.63) is 59.7 Å². The van der Waals surface area contributed by atoms with Crippen LogP contribution in [0.25, 0.3) is 0 Å². The van der Waals surface area contributed by atoms with Gasteiger partial charge in [-0.25, -0.2) is 4.79 Å². The molecule has 9 amide bonds. The second-order valence-electron chi connectivity index (χ2n) is 18.4. The van der Waals surface area contributed by atoms with Gasteiger partial charge in [-0.05, 0) is 86.9 Å². The van der Waals surface area contributed by atoms with Crippen LogP contribution in [0.5, 0.6) is 11.5 Å². The molecule has 9 atom stereocenters. The van der Waals surface area contributed by atoms with Gasteiger partial charge < -0.3 is 79.7 Å². The molecule has 17 N–H and O–H groups in total. The first-order valence-corrected chi connectivity index (χ1v) is 24.8. The molecule has 1 fully saturated rings. The molecule has 25 nitrogen and oxygen atoms in total. The maximum Gasteiger partial charge on any atom is 0.326 e. The van der Waals surface area contributed by atoms with Crippen LogP contribution in [0.1, 0.15) is 76.8 Å². The molecule has 0 aromatic heterocycles. The summed E-state index contributed by atoms with van der Waals surface area (Å²) in [5, 5.41) is 56.5. The molecule has 0 saturated carbocycles. The number of carboxylic acids is 1. The summed E-state index contributed by atoms with van der Waals surface area (Å²) in [6.45, 7) is 4.15. The predicted molar refractivity (Wildman–Crippen MR) is 270 cm³/mol. The maximum absolute atomic E-state index is 14.1. The van der Waals surface area contributed by atoms with E-state index in [-0.39, 0.29) is 61.8 Å². The molecule has 2 aromatic carbocycles. The molecule has 0 aliphatic carbocycles. The number of aliphatic carboxylic acids is 1. The Kier molecular flexibility index (Phi) is 25.0. The van der Waals surface area contributed by atoms with E-state index in [4.69, 9.17) is 17.2 Å². The number of hydrogen-bond acceptors (Lipinski definition) is 16. The third kappa shape index (κ3) is 19.8. The fraction of sp³-hybridized carbons (Fsp3) is 0.542. The number of likely N-dealkylation sites (tertiary alicyclic amines) is 1. The highest BCUT2D eigenvalue weighted by molar-refractivity contribution is 7.80. The Morgan fingerprint density at radius 2 is 1.15 bits per heavy atom. The van der Waals surface area contributed by atoms with E-state index in [1.54, 1.807) is 13.8 Å². The lowest BCUT2D eigenvalue weighted by molar-refractivity contribution is -0.143. The SMILES string of the molecule is CC(C)C[C@H](NC(=O)[C@H](Cc1ccc(O)cc1)NC(=O)[C@H](CO)NC(=O)[C@H](C)NC(=O)[C@H](CS)NC(=O)[C@@H]1CCCN1C(=O)[C@H](CC(N)=O)NC(=O)[C@H](Cc1ccc(O)cc1)NC(=O)[C@@H](N)CCCCN)C(=O)O. The predicted octanol–water partition coefficient (Wildman–Crippen LogP) is -3.33. The van der Waals surface area contributed by atoms with Crippen molar-refractivity contribution in [1.29, 1.82) is 0 Å². The molecule has 0 bridgehead atoms. The largest absolute Gasteiger partial charge is 0.508 e. The summed E-state index contributed by atoms with van der Waals surface area (Å²) >= 11 is 4.19. The van der Waals surface area contributed by atoms with Crippen LogP contribution in [-0.2, 0) is 60.8 Å². The van der Waals surface area contributed by atoms with Crippen molar-refractivity contribution in [2.45, 2.75) is 133 Å². The Labute approximate surface area is 433 Å². The van der Waals surface area contributed by atoms with E-state index in [2.05, 4.69) is 49.8 Å². The first-order chi connectivity index (χ1) is 35.0. The van der Waals surface area contributed by atoms with E-state index in [1.165, 1.54) is 55.5 Å². The molecule has 1 heterocycles. The van der Waals surface area contributed by atoms with Gasteiger partial charge in [0.1, 0.15) is 59.8 Å². The molecule has 0 radical (unpaired) electrons. The van der Waals surface area contributed by atoms with Gasteiger partial charge in [0, 0.05) is 25.1 Å². The van der Waals surface area contributed by atoms with E-state index in [9.17, 15) is 68.4 Å². The zero-order chi connectivity index (χ0) is 55.2. The highest BCUT2D eigenvalue weighted by atomic mass is 32.1. The highest BCUT2D eigenvalue weighted by Gasteiger charge is 2.40. The van der Waals surface area contributed by atoms with Crippen molar-refractivity contribution in [1.82, 2.24) is 42.1 Å². The number of nitrogens with one attached hydrogen (secondary N) is 7. The van der Waals surface area contributed by atoms with Crippen molar-refractivity contribution < 1.29 is 68.4 Å². The molecule has 74 heavy (non-hydrogen) atoms. The lowest BCUT2D eigenvalue weighted by Gasteiger charge is -2.30. The van der Waals surface area contributed by atoms with Gasteiger partial charge in [0.15, 0.2) is 0 Å². The number of carbonyl (C=O) groups excluding carboxylic acids is 9. The first-order valence-electron chi connectivity index (χ1n) is 24.2. The van der Waals surface area contributed by atoms with Gasteiger partial charge in [-0.3, -0.25) is 43.2 Å². The molecular weight excluding hydrogens is 987 g/mol. The number of aromatic hydroxyl groups is 2. The minimum atomic E-state index is -1.68. The maximum atomic E-state index is 14.1. The number of rotatable bonds is 30. The number of phenols is 2. The summed E-state index contributed by atoms with van der Waals surface area (Å²) in [7, 11) is 0. The number of amides is 9. The number of phenolic OH excluding ortho intramolecular Hbond substituents is 2. The van der Waals surface area contributed by atoms with Crippen LogP contribution in [0, 0.1) is 5.92 Å². The topological polar surface area (TPSA) is 417 Å². The zero-order valence-electron chi connectivity index (χ0n) is 41.6. The third-order valence-corrected chi connectivity index (χ3v) is 12.3. The van der Waals surface area contributed by atoms with Crippen molar-refractivity contribution in [2.75, 3.05) is 25.4 Å². The molecule has 1 aliphatic rings. The molecule has 3 rings (SSSR count). The van der Waals surface area contributed by atoms with E-state index >= 15 is 0 Å². The second kappa shape index (κ2) is 30.2. The van der Waals surface area contributed by atoms with Gasteiger partial charge in [0.2, 0.25) is 53.2 Å². The number of nitrogens with zero attached hydrogens (tertiary/aromatic N) is 1. The normalized spacial score (nSPS) is 16.4. The Hall–Kier alpha value is -7.03. The Balaban J connectivity index is 1.71. The molecule has 0 spiro atoms. The first kappa shape index (κ1) is 61.3. The number of benzene rings is 2. The van der Waals surface area contributed by atoms with Crippen molar-refractivity contribution in [3.63, 3.8) is 0 Å². The van der Waals surface area contributed by atoms with Crippen LogP contribution in [0.15, 0.2) is 48.5 Å². The fourth-order valence-corrected chi connectivity index (χ4v) is 8.08. The molecule has 1 aliphatic heterocycles. The number of carboxylic acid groups (broad SMARTS) is 1. The van der Waals surface area contributed by atoms with Crippen LogP contribution in [0.2, 0.25) is 0 Å². The Morgan fingerprint density at radius 3 is 1.64 bits per heavy atom. The smallest absolute Gasteiger partial charge is 0.326 e. The number of aliphatic hydroxyl groups is 1. The van der Waals surface area contributed by atoms with Crippen molar-refractivity contribution in [3.8, 4) is 11.5 Å². The molecule has 26 heteroatoms. The van der Waals surface area contributed by atoms with Crippen LogP contribution in [0.4, 0.5) is 0 Å². The lowest BCUT2D eigenvalue weighted by Crippen LogP contribution is -2.60. The van der Waals surface area contributed by atoms with Gasteiger partial charge in [-0.15, -0.1) is 0 Å². The second-order valence-corrected chi connectivity index (χ2v) is 18.8. The quantitative estimate of drug-likeness (QED) is 0.0269. The number of thiol groups is 1. The van der Waals surface area contributed by atoms with Gasteiger partial charge in [0.05, 0.1) is 19.1 Å². The summed E-state index contributed by atoms with van der Waals surface area (Å²) in [6, 6.07) is -0.986.